The van der Waals surface area contributed by atoms with E-state index in [9.17, 15) is 13.2 Å². The minimum atomic E-state index is -3.92. The van der Waals surface area contributed by atoms with Crippen LogP contribution < -0.4 is 10.7 Å². The molecule has 0 atom stereocenters. The van der Waals surface area contributed by atoms with E-state index in [0.717, 1.165) is 27.8 Å². The largest absolute Gasteiger partial charge is 0.323 e. The number of sulfonamides is 1. The van der Waals surface area contributed by atoms with Gasteiger partial charge in [-0.25, -0.2) is 23.2 Å². The van der Waals surface area contributed by atoms with Gasteiger partial charge in [0.15, 0.2) is 5.65 Å². The van der Waals surface area contributed by atoms with Crippen molar-refractivity contribution in [2.24, 2.45) is 19.2 Å². The maximum atomic E-state index is 13.1. The molecule has 29 heavy (non-hydrogen) atoms. The van der Waals surface area contributed by atoms with Crippen LogP contribution in [0.15, 0.2) is 39.7 Å². The number of thiazole rings is 1. The maximum absolute atomic E-state index is 13.1. The Balaban J connectivity index is 1.69. The summed E-state index contributed by atoms with van der Waals surface area (Å²) in [5.74, 6) is 0. The first-order valence-corrected chi connectivity index (χ1v) is 10.9. The molecule has 4 aromatic heterocycles. The minimum absolute atomic E-state index is 0.188. The van der Waals surface area contributed by atoms with Crippen molar-refractivity contribution in [2.75, 3.05) is 0 Å². The van der Waals surface area contributed by atoms with Crippen LogP contribution in [0.4, 0.5) is 0 Å². The number of fused-ring (bicyclic) bond motifs is 4. The Labute approximate surface area is 167 Å². The number of nitrogens with zero attached hydrogens (tertiary/aromatic N) is 6. The van der Waals surface area contributed by atoms with Crippen molar-refractivity contribution in [1.29, 1.82) is 0 Å². The molecule has 0 saturated carbocycles. The molecule has 0 amide bonds. The summed E-state index contributed by atoms with van der Waals surface area (Å²) in [7, 11) is -0.381. The van der Waals surface area contributed by atoms with Crippen molar-refractivity contribution >= 4 is 53.5 Å². The van der Waals surface area contributed by atoms with E-state index in [2.05, 4.69) is 15.2 Å². The highest BCUT2D eigenvalue weighted by molar-refractivity contribution is 7.91. The van der Waals surface area contributed by atoms with Crippen LogP contribution in [0, 0.1) is 0 Å². The van der Waals surface area contributed by atoms with Gasteiger partial charge in [-0.15, -0.1) is 0 Å². The van der Waals surface area contributed by atoms with Gasteiger partial charge in [-0.2, -0.15) is 10.2 Å². The lowest BCUT2D eigenvalue weighted by atomic mass is 10.1. The molecule has 12 heteroatoms. The molecule has 0 unspecified atom stereocenters. The monoisotopic (exact) mass is 429 g/mol. The molecule has 0 spiro atoms. The smallest absolute Gasteiger partial charge is 0.291 e. The highest BCUT2D eigenvalue weighted by Crippen LogP contribution is 2.32. The van der Waals surface area contributed by atoms with Crippen LogP contribution >= 0.6 is 11.3 Å². The molecule has 0 bridgehead atoms. The summed E-state index contributed by atoms with van der Waals surface area (Å²) in [5.41, 5.74) is 2.41. The summed E-state index contributed by atoms with van der Waals surface area (Å²) < 4.78 is 28.3. The van der Waals surface area contributed by atoms with E-state index >= 15 is 0 Å². The molecule has 2 N–H and O–H groups in total. The Morgan fingerprint density at radius 1 is 1.14 bits per heavy atom. The molecule has 10 nitrogen and oxygen atoms in total. The minimum Gasteiger partial charge on any atom is -0.323 e. The van der Waals surface area contributed by atoms with Crippen LogP contribution in [0.5, 0.6) is 0 Å². The Morgan fingerprint density at radius 3 is 2.66 bits per heavy atom. The predicted molar refractivity (Wildman–Crippen MR) is 109 cm³/mol. The normalized spacial score (nSPS) is 12.5. The second-order valence-electron chi connectivity index (χ2n) is 6.72. The van der Waals surface area contributed by atoms with Crippen molar-refractivity contribution in [2.45, 2.75) is 10.9 Å². The van der Waals surface area contributed by atoms with Crippen molar-refractivity contribution in [3.05, 3.63) is 46.5 Å². The lowest BCUT2D eigenvalue weighted by Crippen LogP contribution is -2.24. The van der Waals surface area contributed by atoms with E-state index in [0.29, 0.717) is 21.3 Å². The quantitative estimate of drug-likeness (QED) is 0.454. The summed E-state index contributed by atoms with van der Waals surface area (Å²) in [6.07, 6.45) is 3.33. The Kier molecular flexibility index (Phi) is 3.69. The van der Waals surface area contributed by atoms with Crippen LogP contribution in [0.25, 0.3) is 32.2 Å². The Hall–Kier alpha value is -3.09. The highest BCUT2D eigenvalue weighted by atomic mass is 32.2. The van der Waals surface area contributed by atoms with Crippen LogP contribution in [-0.2, 0) is 30.7 Å². The molecule has 0 aliphatic heterocycles. The third kappa shape index (κ3) is 2.60. The van der Waals surface area contributed by atoms with Crippen molar-refractivity contribution < 1.29 is 8.42 Å². The molecule has 5 aromatic rings. The summed E-state index contributed by atoms with van der Waals surface area (Å²) in [4.78, 5) is 17.2. The van der Waals surface area contributed by atoms with Gasteiger partial charge in [0, 0.05) is 24.9 Å². The fourth-order valence-corrected chi connectivity index (χ4v) is 5.31. The van der Waals surface area contributed by atoms with Gasteiger partial charge < -0.3 is 4.57 Å². The SMILES string of the molecule is Cn1ncc2c(Cn3ncc4c5sc(S(N)(=O)=O)nc5n(C)c4c3=O)cccc21. The van der Waals surface area contributed by atoms with Crippen LogP contribution in [0.2, 0.25) is 0 Å². The molecule has 4 heterocycles. The molecular weight excluding hydrogens is 414 g/mol. The average Bonchev–Trinajstić information content (AvgIpc) is 3.33. The topological polar surface area (TPSA) is 131 Å². The number of benzene rings is 1. The first kappa shape index (κ1) is 18.0. The highest BCUT2D eigenvalue weighted by Gasteiger charge is 2.22. The zero-order chi connectivity index (χ0) is 20.5. The third-order valence-corrected chi connectivity index (χ3v) is 7.35. The van der Waals surface area contributed by atoms with Crippen LogP contribution in [-0.4, -0.2) is 37.5 Å². The first-order valence-electron chi connectivity index (χ1n) is 8.53. The predicted octanol–water partition coefficient (Wildman–Crippen LogP) is 0.927. The van der Waals surface area contributed by atoms with Gasteiger partial charge in [-0.1, -0.05) is 23.5 Å². The van der Waals surface area contributed by atoms with E-state index in [4.69, 9.17) is 5.14 Å². The number of nitrogens with two attached hydrogens (primary N) is 1. The fourth-order valence-electron chi connectivity index (χ4n) is 3.54. The molecule has 148 valence electrons. The zero-order valence-corrected chi connectivity index (χ0v) is 17.0. The molecule has 5 rings (SSSR count). The van der Waals surface area contributed by atoms with Gasteiger partial charge in [-0.3, -0.25) is 9.48 Å². The number of rotatable bonds is 3. The number of hydrogen-bond donors (Lipinski definition) is 1. The second-order valence-corrected chi connectivity index (χ2v) is 9.46. The van der Waals surface area contributed by atoms with Crippen LogP contribution in [0.1, 0.15) is 5.56 Å². The first-order chi connectivity index (χ1) is 13.8. The van der Waals surface area contributed by atoms with Gasteiger partial charge in [0.25, 0.3) is 15.6 Å². The van der Waals surface area contributed by atoms with Gasteiger partial charge in [0.05, 0.1) is 29.2 Å². The second kappa shape index (κ2) is 5.95. The van der Waals surface area contributed by atoms with E-state index in [-0.39, 0.29) is 16.4 Å². The number of hydrogen-bond acceptors (Lipinski definition) is 7. The molecule has 0 aliphatic rings. The molecule has 1 aromatic carbocycles. The summed E-state index contributed by atoms with van der Waals surface area (Å²) in [6.45, 7) is 0.284. The lowest BCUT2D eigenvalue weighted by molar-refractivity contribution is 0.597. The van der Waals surface area contributed by atoms with Gasteiger partial charge in [-0.05, 0) is 11.6 Å². The lowest BCUT2D eigenvalue weighted by Gasteiger charge is -2.07. The maximum Gasteiger partial charge on any atom is 0.291 e. The van der Waals surface area contributed by atoms with Crippen molar-refractivity contribution in [1.82, 2.24) is 29.1 Å². The standard InChI is InChI=1S/C17H15N7O3S2/c1-22-13-11(14-15(22)21-17(28-14)29(18,26)27)7-20-24(16(13)25)8-9-4-3-5-12-10(9)6-19-23(12)2/h3-7H,8H2,1-2H3,(H2,18,26,27). The average molecular weight is 429 g/mol. The third-order valence-electron chi connectivity index (χ3n) is 4.95. The summed E-state index contributed by atoms with van der Waals surface area (Å²) in [6, 6.07) is 5.82. The zero-order valence-electron chi connectivity index (χ0n) is 15.4. The molecule has 0 radical (unpaired) electrons. The van der Waals surface area contributed by atoms with Crippen molar-refractivity contribution in [3.63, 3.8) is 0 Å². The molecular formula is C17H15N7O3S2. The van der Waals surface area contributed by atoms with Gasteiger partial charge in [0.1, 0.15) is 5.52 Å². The van der Waals surface area contributed by atoms with E-state index in [1.165, 1.54) is 4.68 Å². The number of primary sulfonamides is 1. The molecule has 0 fully saturated rings. The Morgan fingerprint density at radius 2 is 1.90 bits per heavy atom. The fraction of sp³-hybridized carbons (Fsp3) is 0.176. The van der Waals surface area contributed by atoms with E-state index in [1.807, 2.05) is 25.2 Å². The molecule has 0 saturated heterocycles. The van der Waals surface area contributed by atoms with Crippen molar-refractivity contribution in [3.8, 4) is 0 Å². The van der Waals surface area contributed by atoms with Gasteiger partial charge in [0.2, 0.25) is 4.34 Å². The summed E-state index contributed by atoms with van der Waals surface area (Å²) in [5, 5.41) is 15.3. The molecule has 0 aliphatic carbocycles. The Bertz CT molecular complexity index is 1610. The number of aryl methyl sites for hydroxylation is 2. The van der Waals surface area contributed by atoms with E-state index in [1.54, 1.807) is 28.7 Å². The van der Waals surface area contributed by atoms with Crippen LogP contribution in [0.3, 0.4) is 0 Å². The summed E-state index contributed by atoms with van der Waals surface area (Å²) >= 11 is 0.934. The number of aromatic nitrogens is 6. The van der Waals surface area contributed by atoms with E-state index < -0.39 is 10.0 Å². The van der Waals surface area contributed by atoms with Gasteiger partial charge >= 0.3 is 0 Å².